The molecule has 0 bridgehead atoms. The first kappa shape index (κ1) is 46.0. The Morgan fingerprint density at radius 3 is 0.833 bits per heavy atom. The molecule has 10 radical (unpaired) electrons. The van der Waals surface area contributed by atoms with Gasteiger partial charge in [-0.15, -0.1) is 0 Å². The Kier molecular flexibility index (Phi) is 257. The van der Waals surface area contributed by atoms with Gasteiger partial charge in [-0.2, -0.15) is 0 Å². The first-order chi connectivity index (χ1) is 0. The quantitative estimate of drug-likeness (QED) is 0.300. The van der Waals surface area contributed by atoms with Crippen LogP contribution in [0.3, 0.4) is 0 Å². The average molecular weight is 661 g/mol. The summed E-state index contributed by atoms with van der Waals surface area (Å²) < 4.78 is 0. The van der Waals surface area contributed by atoms with Crippen LogP contribution in [-0.2, 0) is 88.0 Å². The van der Waals surface area contributed by atoms with Crippen molar-refractivity contribution >= 4 is 51.7 Å². The fourth-order valence-corrected chi connectivity index (χ4v) is 0. The van der Waals surface area contributed by atoms with Crippen molar-refractivity contribution < 1.29 is 88.0 Å². The summed E-state index contributed by atoms with van der Waals surface area (Å²) in [6, 6.07) is 0. The Balaban J connectivity index is 0. The van der Waals surface area contributed by atoms with E-state index in [0.717, 1.165) is 0 Å². The molecule has 0 unspecified atom stereocenters. The van der Waals surface area contributed by atoms with Crippen LogP contribution in [0.4, 0.5) is 0 Å². The zero-order chi connectivity index (χ0) is 0. The minimum absolute atomic E-state index is 0. The molecule has 0 heterocycles. The zero-order valence-corrected chi connectivity index (χ0v) is 17.2. The normalized spacial score (nSPS) is 0. The molecule has 0 saturated heterocycles. The van der Waals surface area contributed by atoms with Gasteiger partial charge in [0.25, 0.3) is 0 Å². The Morgan fingerprint density at radius 1 is 0.833 bits per heavy atom. The van der Waals surface area contributed by atoms with E-state index in [1.807, 2.05) is 0 Å². The van der Waals surface area contributed by atoms with Crippen molar-refractivity contribution in [3.8, 4) is 0 Å². The standard InChI is InChI=1S/Mn.2Nb.Pb.Sb.Zr. The molecular formula is MnNb2PbSbZr. The van der Waals surface area contributed by atoms with Crippen LogP contribution in [0.25, 0.3) is 0 Å². The SMILES string of the molecule is [Mn].[Nb].[Nb].[Pb].[Sb].[Zr]. The van der Waals surface area contributed by atoms with Crippen molar-refractivity contribution in [2.24, 2.45) is 0 Å². The molecule has 0 aliphatic carbocycles. The van der Waals surface area contributed by atoms with Gasteiger partial charge in [0, 0.05) is 140 Å². The van der Waals surface area contributed by atoms with Gasteiger partial charge in [0.05, 0.1) is 0 Å². The van der Waals surface area contributed by atoms with Crippen LogP contribution in [0.1, 0.15) is 0 Å². The van der Waals surface area contributed by atoms with Crippen LogP contribution in [-0.4, -0.2) is 51.7 Å². The minimum atomic E-state index is 0. The zero-order valence-electron chi connectivity index (χ0n) is 2.72. The van der Waals surface area contributed by atoms with Gasteiger partial charge in [0.15, 0.2) is 0 Å². The molecule has 0 aromatic carbocycles. The summed E-state index contributed by atoms with van der Waals surface area (Å²) in [4.78, 5) is 0. The van der Waals surface area contributed by atoms with E-state index in [2.05, 4.69) is 0 Å². The van der Waals surface area contributed by atoms with Gasteiger partial charge < -0.3 is 0 Å². The van der Waals surface area contributed by atoms with Gasteiger partial charge in [0.1, 0.15) is 0 Å². The second-order valence-electron chi connectivity index (χ2n) is 0. The van der Waals surface area contributed by atoms with Crippen LogP contribution in [0.15, 0.2) is 0 Å². The predicted molar refractivity (Wildman–Crippen MR) is 11.5 cm³/mol. The van der Waals surface area contributed by atoms with E-state index in [1.54, 1.807) is 0 Å². The van der Waals surface area contributed by atoms with Crippen molar-refractivity contribution in [1.82, 2.24) is 0 Å². The summed E-state index contributed by atoms with van der Waals surface area (Å²) in [5.74, 6) is 0. The topological polar surface area (TPSA) is 0 Å². The van der Waals surface area contributed by atoms with E-state index in [1.165, 1.54) is 0 Å². The summed E-state index contributed by atoms with van der Waals surface area (Å²) >= 11 is 0. The molecule has 6 heavy (non-hydrogen) atoms. The van der Waals surface area contributed by atoms with E-state index in [-0.39, 0.29) is 140 Å². The molecule has 0 spiro atoms. The first-order valence-electron chi connectivity index (χ1n) is 0. The van der Waals surface area contributed by atoms with Crippen LogP contribution in [0.5, 0.6) is 0 Å². The predicted octanol–water partition coefficient (Wildman–Crippen LogP) is -0.772. The van der Waals surface area contributed by atoms with Crippen molar-refractivity contribution in [3.63, 3.8) is 0 Å². The van der Waals surface area contributed by atoms with Gasteiger partial charge in [-0.3, -0.25) is 0 Å². The van der Waals surface area contributed by atoms with Gasteiger partial charge in [-0.25, -0.2) is 0 Å². The van der Waals surface area contributed by atoms with E-state index in [0.29, 0.717) is 0 Å². The van der Waals surface area contributed by atoms with E-state index in [4.69, 9.17) is 0 Å². The maximum absolute atomic E-state index is 0. The van der Waals surface area contributed by atoms with Gasteiger partial charge >= 0.3 is 0 Å². The maximum atomic E-state index is 0. The Bertz CT molecular complexity index is 13.5. The Hall–Kier alpha value is 4.62. The molecule has 0 amide bonds. The fourth-order valence-electron chi connectivity index (χ4n) is 0. The van der Waals surface area contributed by atoms with E-state index < -0.39 is 0 Å². The number of rotatable bonds is 0. The molecule has 0 aromatic heterocycles. The molecule has 0 atom stereocenters. The van der Waals surface area contributed by atoms with Crippen molar-refractivity contribution in [3.05, 3.63) is 0 Å². The smallest absolute Gasteiger partial charge is 0 e. The molecule has 0 aliphatic rings. The summed E-state index contributed by atoms with van der Waals surface area (Å²) in [5.41, 5.74) is 0. The first-order valence-corrected chi connectivity index (χ1v) is 0. The van der Waals surface area contributed by atoms with Crippen LogP contribution < -0.4 is 0 Å². The summed E-state index contributed by atoms with van der Waals surface area (Å²) in [5, 5.41) is 0. The molecule has 0 saturated carbocycles. The van der Waals surface area contributed by atoms with Gasteiger partial charge in [-0.1, -0.05) is 0 Å². The number of hydrogen-bond donors (Lipinski definition) is 0. The monoisotopic (exact) mass is 660 g/mol. The molecule has 0 N–H and O–H groups in total. The van der Waals surface area contributed by atoms with Crippen molar-refractivity contribution in [2.45, 2.75) is 0 Å². The second kappa shape index (κ2) is 33.5. The molecule has 0 aromatic rings. The third-order valence-electron chi connectivity index (χ3n) is 0. The van der Waals surface area contributed by atoms with Crippen molar-refractivity contribution in [1.29, 1.82) is 0 Å². The molecule has 30 valence electrons. The molecule has 0 fully saturated rings. The third kappa shape index (κ3) is 23.4. The Morgan fingerprint density at radius 2 is 0.833 bits per heavy atom. The van der Waals surface area contributed by atoms with Crippen LogP contribution >= 0.6 is 0 Å². The largest absolute Gasteiger partial charge is 0 e. The molecule has 0 rings (SSSR count). The van der Waals surface area contributed by atoms with Gasteiger partial charge in [-0.05, 0) is 0 Å². The molecule has 0 nitrogen and oxygen atoms in total. The van der Waals surface area contributed by atoms with Crippen molar-refractivity contribution in [2.75, 3.05) is 0 Å². The maximum Gasteiger partial charge on any atom is 0 e. The van der Waals surface area contributed by atoms with E-state index >= 15 is 0 Å². The summed E-state index contributed by atoms with van der Waals surface area (Å²) in [7, 11) is 0. The van der Waals surface area contributed by atoms with Crippen LogP contribution in [0, 0.1) is 0 Å². The third-order valence-corrected chi connectivity index (χ3v) is 0. The van der Waals surface area contributed by atoms with Crippen LogP contribution in [0.2, 0.25) is 0 Å². The second-order valence-corrected chi connectivity index (χ2v) is 0. The van der Waals surface area contributed by atoms with E-state index in [9.17, 15) is 0 Å². The molecular weight excluding hydrogens is 661 g/mol. The fraction of sp³-hybridized carbons (Fsp3) is 0. The number of hydrogen-bond acceptors (Lipinski definition) is 0. The Labute approximate surface area is 136 Å². The minimum Gasteiger partial charge on any atom is 0 e. The summed E-state index contributed by atoms with van der Waals surface area (Å²) in [6.45, 7) is 0. The van der Waals surface area contributed by atoms with Gasteiger partial charge in [0.2, 0.25) is 0 Å². The molecule has 6 heteroatoms. The average Bonchev–Trinajstić information content (AvgIpc) is 0. The molecule has 0 aliphatic heterocycles. The summed E-state index contributed by atoms with van der Waals surface area (Å²) in [6.07, 6.45) is 0.